The summed E-state index contributed by atoms with van der Waals surface area (Å²) in [5.74, 6) is 2.04. The van der Waals surface area contributed by atoms with Gasteiger partial charge in [-0.05, 0) is 30.3 Å². The Kier molecular flexibility index (Phi) is 5.11. The fraction of sp³-hybridized carbons (Fsp3) is 0.300. The molecule has 3 aromatic rings. The van der Waals surface area contributed by atoms with Gasteiger partial charge in [0.25, 0.3) is 5.91 Å². The molecule has 6 nitrogen and oxygen atoms in total. The zero-order valence-corrected chi connectivity index (χ0v) is 15.3. The summed E-state index contributed by atoms with van der Waals surface area (Å²) in [6.45, 7) is 4.37. The summed E-state index contributed by atoms with van der Waals surface area (Å²) in [4.78, 5) is 16.9. The molecule has 0 radical (unpaired) electrons. The third-order valence-electron chi connectivity index (χ3n) is 4.09. The number of amides is 1. The van der Waals surface area contributed by atoms with Crippen LogP contribution in [-0.2, 0) is 6.54 Å². The van der Waals surface area contributed by atoms with E-state index in [1.807, 2.05) is 26.0 Å². The molecule has 0 aliphatic carbocycles. The molecule has 0 saturated carbocycles. The zero-order valence-electron chi connectivity index (χ0n) is 15.3. The first kappa shape index (κ1) is 17.8. The van der Waals surface area contributed by atoms with Gasteiger partial charge in [0, 0.05) is 29.7 Å². The molecule has 0 unspecified atom stereocenters. The Morgan fingerprint density at radius 2 is 1.96 bits per heavy atom. The fourth-order valence-corrected chi connectivity index (χ4v) is 2.61. The molecule has 1 heterocycles. The zero-order chi connectivity index (χ0) is 18.7. The molecular weight excluding hydrogens is 332 g/mol. The number of nitrogens with one attached hydrogen (secondary N) is 1. The summed E-state index contributed by atoms with van der Waals surface area (Å²) in [6.07, 6.45) is 0. The third-order valence-corrected chi connectivity index (χ3v) is 4.09. The Balaban J connectivity index is 1.75. The first-order valence-corrected chi connectivity index (χ1v) is 8.41. The van der Waals surface area contributed by atoms with Gasteiger partial charge in [-0.2, -0.15) is 0 Å². The first-order chi connectivity index (χ1) is 12.5. The van der Waals surface area contributed by atoms with Crippen LogP contribution in [0.2, 0.25) is 0 Å². The number of oxazole rings is 1. The van der Waals surface area contributed by atoms with E-state index < -0.39 is 0 Å². The van der Waals surface area contributed by atoms with Crippen LogP contribution < -0.4 is 14.8 Å². The van der Waals surface area contributed by atoms with E-state index in [9.17, 15) is 4.79 Å². The lowest BCUT2D eigenvalue weighted by atomic mass is 10.1. The minimum atomic E-state index is -0.188. The second kappa shape index (κ2) is 7.47. The van der Waals surface area contributed by atoms with E-state index in [1.54, 1.807) is 38.5 Å². The molecule has 1 amide bonds. The van der Waals surface area contributed by atoms with Crippen LogP contribution in [0.3, 0.4) is 0 Å². The van der Waals surface area contributed by atoms with Crippen molar-refractivity contribution in [1.29, 1.82) is 0 Å². The molecule has 0 aliphatic rings. The van der Waals surface area contributed by atoms with E-state index in [-0.39, 0.29) is 11.8 Å². The van der Waals surface area contributed by atoms with Crippen LogP contribution in [0.1, 0.15) is 41.6 Å². The number of rotatable bonds is 6. The minimum absolute atomic E-state index is 0.188. The van der Waals surface area contributed by atoms with E-state index in [4.69, 9.17) is 13.9 Å². The number of aromatic nitrogens is 1. The molecule has 0 aliphatic heterocycles. The van der Waals surface area contributed by atoms with Gasteiger partial charge < -0.3 is 19.2 Å². The van der Waals surface area contributed by atoms with E-state index in [2.05, 4.69) is 10.3 Å². The standard InChI is InChI=1S/C20H22N2O4/c1-12(2)20-22-16-8-6-13(9-18(16)26-20)19(23)21-11-14-5-7-15(24-3)10-17(14)25-4/h5-10,12H,11H2,1-4H3,(H,21,23). The molecule has 2 aromatic carbocycles. The van der Waals surface area contributed by atoms with E-state index in [1.165, 1.54) is 0 Å². The number of carbonyl (C=O) groups excluding carboxylic acids is 1. The fourth-order valence-electron chi connectivity index (χ4n) is 2.61. The van der Waals surface area contributed by atoms with Gasteiger partial charge in [-0.1, -0.05) is 13.8 Å². The van der Waals surface area contributed by atoms with Crippen LogP contribution in [0.15, 0.2) is 40.8 Å². The molecule has 0 spiro atoms. The number of nitrogens with zero attached hydrogens (tertiary/aromatic N) is 1. The highest BCUT2D eigenvalue weighted by molar-refractivity contribution is 5.97. The van der Waals surface area contributed by atoms with Gasteiger partial charge in [-0.3, -0.25) is 4.79 Å². The molecular formula is C20H22N2O4. The maximum atomic E-state index is 12.5. The molecule has 26 heavy (non-hydrogen) atoms. The quantitative estimate of drug-likeness (QED) is 0.727. The Morgan fingerprint density at radius 3 is 2.65 bits per heavy atom. The predicted molar refractivity (Wildman–Crippen MR) is 98.8 cm³/mol. The first-order valence-electron chi connectivity index (χ1n) is 8.41. The molecule has 0 saturated heterocycles. The van der Waals surface area contributed by atoms with E-state index >= 15 is 0 Å². The number of fused-ring (bicyclic) bond motifs is 1. The number of methoxy groups -OCH3 is 2. The summed E-state index contributed by atoms with van der Waals surface area (Å²) in [5, 5.41) is 2.90. The third kappa shape index (κ3) is 3.64. The van der Waals surface area contributed by atoms with Gasteiger partial charge in [0.05, 0.1) is 14.2 Å². The predicted octanol–water partition coefficient (Wildman–Crippen LogP) is 3.90. The molecule has 0 atom stereocenters. The van der Waals surface area contributed by atoms with Crippen LogP contribution in [-0.4, -0.2) is 25.1 Å². The highest BCUT2D eigenvalue weighted by Gasteiger charge is 2.13. The summed E-state index contributed by atoms with van der Waals surface area (Å²) < 4.78 is 16.3. The van der Waals surface area contributed by atoms with Crippen molar-refractivity contribution in [2.75, 3.05) is 14.2 Å². The maximum Gasteiger partial charge on any atom is 0.251 e. The van der Waals surface area contributed by atoms with Crippen LogP contribution in [0, 0.1) is 0 Å². The molecule has 6 heteroatoms. The average Bonchev–Trinajstić information content (AvgIpc) is 3.09. The number of carbonyl (C=O) groups is 1. The Hall–Kier alpha value is -3.02. The van der Waals surface area contributed by atoms with Gasteiger partial charge in [-0.15, -0.1) is 0 Å². The van der Waals surface area contributed by atoms with Gasteiger partial charge in [0.1, 0.15) is 17.0 Å². The number of ether oxygens (including phenoxy) is 2. The van der Waals surface area contributed by atoms with Gasteiger partial charge >= 0.3 is 0 Å². The monoisotopic (exact) mass is 354 g/mol. The molecule has 1 aromatic heterocycles. The maximum absolute atomic E-state index is 12.5. The minimum Gasteiger partial charge on any atom is -0.497 e. The highest BCUT2D eigenvalue weighted by Crippen LogP contribution is 2.25. The largest absolute Gasteiger partial charge is 0.497 e. The topological polar surface area (TPSA) is 73.6 Å². The Bertz CT molecular complexity index is 931. The van der Waals surface area contributed by atoms with Crippen LogP contribution in [0.5, 0.6) is 11.5 Å². The number of hydrogen-bond donors (Lipinski definition) is 1. The lowest BCUT2D eigenvalue weighted by Gasteiger charge is -2.11. The molecule has 3 rings (SSSR count). The SMILES string of the molecule is COc1ccc(CNC(=O)c2ccc3nc(C(C)C)oc3c2)c(OC)c1. The normalized spacial score (nSPS) is 11.0. The van der Waals surface area contributed by atoms with Crippen molar-refractivity contribution in [2.24, 2.45) is 0 Å². The van der Waals surface area contributed by atoms with Crippen molar-refractivity contribution < 1.29 is 18.7 Å². The summed E-state index contributed by atoms with van der Waals surface area (Å²) in [7, 11) is 3.19. The number of benzene rings is 2. The highest BCUT2D eigenvalue weighted by atomic mass is 16.5. The second-order valence-electron chi connectivity index (χ2n) is 6.25. The van der Waals surface area contributed by atoms with Crippen molar-refractivity contribution in [3.63, 3.8) is 0 Å². The van der Waals surface area contributed by atoms with Crippen molar-refractivity contribution in [3.05, 3.63) is 53.4 Å². The van der Waals surface area contributed by atoms with Crippen molar-refractivity contribution in [3.8, 4) is 11.5 Å². The van der Waals surface area contributed by atoms with Gasteiger partial charge in [0.2, 0.25) is 0 Å². The van der Waals surface area contributed by atoms with Crippen LogP contribution >= 0.6 is 0 Å². The molecule has 0 bridgehead atoms. The van der Waals surface area contributed by atoms with E-state index in [0.717, 1.165) is 11.1 Å². The summed E-state index contributed by atoms with van der Waals surface area (Å²) in [5.41, 5.74) is 2.76. The van der Waals surface area contributed by atoms with Gasteiger partial charge in [-0.25, -0.2) is 4.98 Å². The Labute approximate surface area is 152 Å². The smallest absolute Gasteiger partial charge is 0.251 e. The van der Waals surface area contributed by atoms with Crippen LogP contribution in [0.4, 0.5) is 0 Å². The average molecular weight is 354 g/mol. The lowest BCUT2D eigenvalue weighted by Crippen LogP contribution is -2.23. The Morgan fingerprint density at radius 1 is 1.15 bits per heavy atom. The van der Waals surface area contributed by atoms with Crippen molar-refractivity contribution >= 4 is 17.0 Å². The van der Waals surface area contributed by atoms with Crippen molar-refractivity contribution in [1.82, 2.24) is 10.3 Å². The summed E-state index contributed by atoms with van der Waals surface area (Å²) in [6, 6.07) is 10.7. The molecule has 0 fully saturated rings. The lowest BCUT2D eigenvalue weighted by molar-refractivity contribution is 0.0950. The van der Waals surface area contributed by atoms with E-state index in [0.29, 0.717) is 35.1 Å². The molecule has 1 N–H and O–H groups in total. The summed E-state index contributed by atoms with van der Waals surface area (Å²) >= 11 is 0. The number of hydrogen-bond acceptors (Lipinski definition) is 5. The molecule has 136 valence electrons. The van der Waals surface area contributed by atoms with Crippen LogP contribution in [0.25, 0.3) is 11.1 Å². The van der Waals surface area contributed by atoms with Gasteiger partial charge in [0.15, 0.2) is 11.5 Å². The van der Waals surface area contributed by atoms with Crippen molar-refractivity contribution in [2.45, 2.75) is 26.3 Å². The second-order valence-corrected chi connectivity index (χ2v) is 6.25.